The van der Waals surface area contributed by atoms with Crippen LogP contribution in [-0.4, -0.2) is 30.4 Å². The van der Waals surface area contributed by atoms with Crippen molar-refractivity contribution >= 4 is 21.6 Å². The summed E-state index contributed by atoms with van der Waals surface area (Å²) in [5, 5.41) is 2.86. The number of rotatable bonds is 9. The number of nitrogens with one attached hydrogen (secondary N) is 2. The van der Waals surface area contributed by atoms with Gasteiger partial charge in [0.05, 0.1) is 4.90 Å². The van der Waals surface area contributed by atoms with Crippen molar-refractivity contribution in [2.45, 2.75) is 24.8 Å². The van der Waals surface area contributed by atoms with Gasteiger partial charge in [0.15, 0.2) is 0 Å². The van der Waals surface area contributed by atoms with Gasteiger partial charge in [0.25, 0.3) is 15.9 Å². The average Bonchev–Trinajstić information content (AvgIpc) is 3.26. The third-order valence-electron chi connectivity index (χ3n) is 5.31. The first kappa shape index (κ1) is 23.3. The van der Waals surface area contributed by atoms with E-state index in [0.717, 1.165) is 11.4 Å². The third kappa shape index (κ3) is 5.90. The number of anilines is 1. The molecular weight excluding hydrogens is 448 g/mol. The Morgan fingerprint density at radius 3 is 2.56 bits per heavy atom. The number of aromatic nitrogens is 2. The van der Waals surface area contributed by atoms with Gasteiger partial charge < -0.3 is 9.88 Å². The Morgan fingerprint density at radius 1 is 0.971 bits per heavy atom. The van der Waals surface area contributed by atoms with Gasteiger partial charge in [-0.2, -0.15) is 0 Å². The smallest absolute Gasteiger partial charge is 0.261 e. The molecule has 0 bridgehead atoms. The topological polar surface area (TPSA) is 93.1 Å². The maximum Gasteiger partial charge on any atom is 0.261 e. The second-order valence-electron chi connectivity index (χ2n) is 7.97. The molecule has 0 aliphatic rings. The van der Waals surface area contributed by atoms with Gasteiger partial charge in [0.2, 0.25) is 0 Å². The number of sulfonamides is 1. The molecule has 1 heterocycles. The van der Waals surface area contributed by atoms with Crippen LogP contribution in [0, 0.1) is 6.92 Å². The van der Waals surface area contributed by atoms with Crippen molar-refractivity contribution in [1.29, 1.82) is 0 Å². The molecule has 0 atom stereocenters. The molecule has 1 aromatic heterocycles. The molecule has 174 valence electrons. The summed E-state index contributed by atoms with van der Waals surface area (Å²) in [6.45, 7) is 2.97. The maximum absolute atomic E-state index is 12.8. The van der Waals surface area contributed by atoms with Crippen molar-refractivity contribution in [3.05, 3.63) is 114 Å². The molecule has 0 aliphatic heterocycles. The van der Waals surface area contributed by atoms with Gasteiger partial charge in [0.1, 0.15) is 5.82 Å². The van der Waals surface area contributed by atoms with Crippen LogP contribution in [0.3, 0.4) is 0 Å². The van der Waals surface area contributed by atoms with Gasteiger partial charge in [-0.25, -0.2) is 13.4 Å². The highest BCUT2D eigenvalue weighted by atomic mass is 32.2. The highest BCUT2D eigenvalue weighted by molar-refractivity contribution is 7.92. The second kappa shape index (κ2) is 10.4. The summed E-state index contributed by atoms with van der Waals surface area (Å²) in [5.41, 5.74) is 2.86. The third-order valence-corrected chi connectivity index (χ3v) is 6.69. The Bertz CT molecular complexity index is 1380. The van der Waals surface area contributed by atoms with E-state index in [2.05, 4.69) is 27.2 Å². The van der Waals surface area contributed by atoms with Crippen molar-refractivity contribution in [2.24, 2.45) is 0 Å². The zero-order valence-corrected chi connectivity index (χ0v) is 19.6. The van der Waals surface area contributed by atoms with Crippen LogP contribution in [-0.2, 0) is 23.0 Å². The zero-order valence-electron chi connectivity index (χ0n) is 18.8. The molecule has 7 nitrogen and oxygen atoms in total. The monoisotopic (exact) mass is 474 g/mol. The van der Waals surface area contributed by atoms with E-state index in [9.17, 15) is 13.2 Å². The molecular formula is C26H26N4O3S. The molecule has 0 spiro atoms. The minimum atomic E-state index is -3.82. The van der Waals surface area contributed by atoms with Crippen molar-refractivity contribution < 1.29 is 13.2 Å². The molecule has 4 aromatic rings. The number of amides is 1. The van der Waals surface area contributed by atoms with Crippen molar-refractivity contribution in [3.63, 3.8) is 0 Å². The number of imidazole rings is 1. The Kier molecular flexibility index (Phi) is 7.08. The number of hydrogen-bond donors (Lipinski definition) is 2. The molecule has 4 rings (SSSR count). The highest BCUT2D eigenvalue weighted by Crippen LogP contribution is 2.18. The molecule has 0 saturated carbocycles. The Hall–Kier alpha value is -3.91. The Labute approximate surface area is 199 Å². The minimum Gasteiger partial charge on any atom is -0.352 e. The molecule has 2 N–H and O–H groups in total. The van der Waals surface area contributed by atoms with Crippen molar-refractivity contribution in [1.82, 2.24) is 14.9 Å². The van der Waals surface area contributed by atoms with Gasteiger partial charge in [-0.3, -0.25) is 9.52 Å². The SMILES string of the molecule is Cc1cccc(NS(=O)(=O)c2cccc(C(=O)NCCc3nccn3Cc3ccccc3)c2)c1. The summed E-state index contributed by atoms with van der Waals surface area (Å²) in [6, 6.07) is 23.2. The van der Waals surface area contributed by atoms with E-state index in [4.69, 9.17) is 0 Å². The van der Waals surface area contributed by atoms with Crippen molar-refractivity contribution in [3.8, 4) is 0 Å². The van der Waals surface area contributed by atoms with Crippen LogP contribution in [0.25, 0.3) is 0 Å². The van der Waals surface area contributed by atoms with Gasteiger partial charge in [-0.15, -0.1) is 0 Å². The van der Waals surface area contributed by atoms with E-state index >= 15 is 0 Å². The van der Waals surface area contributed by atoms with Gasteiger partial charge >= 0.3 is 0 Å². The van der Waals surface area contributed by atoms with Crippen LogP contribution >= 0.6 is 0 Å². The van der Waals surface area contributed by atoms with Gasteiger partial charge in [0, 0.05) is 43.2 Å². The standard InChI is InChI=1S/C26H26N4O3S/c1-20-7-5-11-23(17-20)29-34(32,33)24-12-6-10-22(18-24)26(31)28-14-13-25-27-15-16-30(25)19-21-8-3-2-4-9-21/h2-12,15-18,29H,13-14,19H2,1H3,(H,28,31). The van der Waals surface area contributed by atoms with E-state index in [1.165, 1.54) is 17.7 Å². The molecule has 0 unspecified atom stereocenters. The number of nitrogens with zero attached hydrogens (tertiary/aromatic N) is 2. The second-order valence-corrected chi connectivity index (χ2v) is 9.65. The van der Waals surface area contributed by atoms with Crippen LogP contribution in [0.2, 0.25) is 0 Å². The molecule has 8 heteroatoms. The molecule has 3 aromatic carbocycles. The summed E-state index contributed by atoms with van der Waals surface area (Å²) in [7, 11) is -3.82. The lowest BCUT2D eigenvalue weighted by atomic mass is 10.2. The summed E-state index contributed by atoms with van der Waals surface area (Å²) in [4.78, 5) is 17.1. The zero-order chi connectivity index (χ0) is 24.0. The van der Waals surface area contributed by atoms with Gasteiger partial charge in [-0.05, 0) is 48.4 Å². The van der Waals surface area contributed by atoms with E-state index in [-0.39, 0.29) is 16.4 Å². The highest BCUT2D eigenvalue weighted by Gasteiger charge is 2.17. The number of carbonyl (C=O) groups excluding carboxylic acids is 1. The first-order chi connectivity index (χ1) is 16.4. The lowest BCUT2D eigenvalue weighted by molar-refractivity contribution is 0.0953. The molecule has 0 aliphatic carbocycles. The van der Waals surface area contributed by atoms with E-state index in [1.807, 2.05) is 42.0 Å². The van der Waals surface area contributed by atoms with E-state index < -0.39 is 10.0 Å². The number of benzene rings is 3. The first-order valence-corrected chi connectivity index (χ1v) is 12.4. The van der Waals surface area contributed by atoms with Crippen LogP contribution in [0.1, 0.15) is 27.3 Å². The summed E-state index contributed by atoms with van der Waals surface area (Å²) in [5.74, 6) is 0.525. The minimum absolute atomic E-state index is 0.0278. The van der Waals surface area contributed by atoms with E-state index in [0.29, 0.717) is 25.2 Å². The molecule has 0 saturated heterocycles. The number of aryl methyl sites for hydroxylation is 1. The molecule has 1 amide bonds. The fourth-order valence-electron chi connectivity index (χ4n) is 3.61. The molecule has 0 radical (unpaired) electrons. The van der Waals surface area contributed by atoms with Crippen LogP contribution in [0.5, 0.6) is 0 Å². The summed E-state index contributed by atoms with van der Waals surface area (Å²) < 4.78 is 30.2. The molecule has 0 fully saturated rings. The lowest BCUT2D eigenvalue weighted by Crippen LogP contribution is -2.27. The van der Waals surface area contributed by atoms with Crippen LogP contribution in [0.4, 0.5) is 5.69 Å². The first-order valence-electron chi connectivity index (χ1n) is 10.9. The summed E-state index contributed by atoms with van der Waals surface area (Å²) >= 11 is 0. The Balaban J connectivity index is 1.37. The van der Waals surface area contributed by atoms with Crippen LogP contribution in [0.15, 0.2) is 96.2 Å². The fraction of sp³-hybridized carbons (Fsp3) is 0.154. The maximum atomic E-state index is 12.8. The lowest BCUT2D eigenvalue weighted by Gasteiger charge is -2.11. The van der Waals surface area contributed by atoms with E-state index in [1.54, 1.807) is 36.5 Å². The normalized spacial score (nSPS) is 11.2. The van der Waals surface area contributed by atoms with Crippen LogP contribution < -0.4 is 10.0 Å². The predicted octanol–water partition coefficient (Wildman–Crippen LogP) is 4.01. The van der Waals surface area contributed by atoms with Crippen molar-refractivity contribution in [2.75, 3.05) is 11.3 Å². The number of hydrogen-bond acceptors (Lipinski definition) is 4. The largest absolute Gasteiger partial charge is 0.352 e. The quantitative estimate of drug-likeness (QED) is 0.383. The molecule has 34 heavy (non-hydrogen) atoms. The van der Waals surface area contributed by atoms with Gasteiger partial charge in [-0.1, -0.05) is 48.5 Å². The average molecular weight is 475 g/mol. The number of carbonyl (C=O) groups is 1. The fourth-order valence-corrected chi connectivity index (χ4v) is 4.70. The predicted molar refractivity (Wildman–Crippen MR) is 132 cm³/mol. The summed E-state index contributed by atoms with van der Waals surface area (Å²) in [6.07, 6.45) is 4.22. The Morgan fingerprint density at radius 2 is 1.76 bits per heavy atom.